The molecule has 0 aliphatic heterocycles. The highest BCUT2D eigenvalue weighted by Gasteiger charge is 2.15. The fourth-order valence-corrected chi connectivity index (χ4v) is 1.73. The Morgan fingerprint density at radius 3 is 2.81 bits per heavy atom. The molecule has 0 radical (unpaired) electrons. The molecule has 0 fully saturated rings. The van der Waals surface area contributed by atoms with Crippen molar-refractivity contribution in [3.63, 3.8) is 0 Å². The molecular weight excluding hydrogens is 297 g/mol. The number of phenolic OH excluding ortho intramolecular Hbond substituents is 1. The van der Waals surface area contributed by atoms with Crippen LogP contribution in [0.4, 0.5) is 0 Å². The molecule has 1 aromatic rings. The van der Waals surface area contributed by atoms with Crippen molar-refractivity contribution in [2.45, 2.75) is 12.5 Å². The largest absolute Gasteiger partial charge is 0.508 e. The van der Waals surface area contributed by atoms with Gasteiger partial charge in [0.15, 0.2) is 0 Å². The zero-order chi connectivity index (χ0) is 11.4. The number of phenols is 1. The maximum Gasteiger partial charge on any atom is 0.307 e. The topological polar surface area (TPSA) is 72.5 Å². The van der Waals surface area contributed by atoms with Gasteiger partial charge < -0.3 is 15.6 Å². The first-order chi connectivity index (χ1) is 7.04. The van der Waals surface area contributed by atoms with Crippen molar-refractivity contribution >= 4 is 34.3 Å². The Bertz CT molecular complexity index is 373. The van der Waals surface area contributed by atoms with Crippen molar-refractivity contribution in [3.8, 4) is 5.75 Å². The van der Waals surface area contributed by atoms with E-state index in [-0.39, 0.29) is 30.5 Å². The fourth-order valence-electron chi connectivity index (χ4n) is 1.19. The van der Waals surface area contributed by atoms with Crippen LogP contribution in [-0.4, -0.2) is 18.2 Å². The van der Waals surface area contributed by atoms with E-state index in [2.05, 4.69) is 20.7 Å². The third-order valence-corrected chi connectivity index (χ3v) is 2.72. The van der Waals surface area contributed by atoms with E-state index in [1.165, 1.54) is 13.2 Å². The lowest BCUT2D eigenvalue weighted by atomic mass is 10.0. The maximum absolute atomic E-state index is 11.0. The molecule has 0 aliphatic rings. The van der Waals surface area contributed by atoms with Gasteiger partial charge in [-0.15, -0.1) is 12.4 Å². The number of carbonyl (C=O) groups is 1. The third kappa shape index (κ3) is 4.00. The van der Waals surface area contributed by atoms with Crippen LogP contribution in [0.2, 0.25) is 0 Å². The van der Waals surface area contributed by atoms with Gasteiger partial charge in [0, 0.05) is 10.5 Å². The van der Waals surface area contributed by atoms with E-state index in [0.717, 1.165) is 4.47 Å². The molecule has 6 heteroatoms. The summed E-state index contributed by atoms with van der Waals surface area (Å²) >= 11 is 3.30. The predicted octanol–water partition coefficient (Wildman–Crippen LogP) is 2.14. The molecule has 1 rings (SSSR count). The van der Waals surface area contributed by atoms with Gasteiger partial charge in [0.25, 0.3) is 0 Å². The molecule has 16 heavy (non-hydrogen) atoms. The van der Waals surface area contributed by atoms with Crippen LogP contribution in [0, 0.1) is 0 Å². The number of carbonyl (C=O) groups excluding carboxylic acids is 1. The van der Waals surface area contributed by atoms with Gasteiger partial charge in [0.2, 0.25) is 0 Å². The van der Waals surface area contributed by atoms with E-state index in [0.29, 0.717) is 5.56 Å². The predicted molar refractivity (Wildman–Crippen MR) is 66.6 cm³/mol. The standard InChI is InChI=1S/C10H12BrNO3.ClH/c1-15-10(14)5-9(12)7-4-6(13)2-3-8(7)11;/h2-4,9,13H,5,12H2,1H3;1H/t9-;/m1./s1. The number of halogens is 2. The zero-order valence-corrected chi connectivity index (χ0v) is 11.0. The Labute approximate surface area is 108 Å². The Hall–Kier alpha value is -0.780. The molecule has 0 bridgehead atoms. The molecule has 0 aliphatic carbocycles. The Kier molecular flexibility index (Phi) is 6.40. The number of methoxy groups -OCH3 is 1. The van der Waals surface area contributed by atoms with Crippen molar-refractivity contribution in [1.82, 2.24) is 0 Å². The second-order valence-corrected chi connectivity index (χ2v) is 3.95. The van der Waals surface area contributed by atoms with Crippen LogP contribution in [0.15, 0.2) is 22.7 Å². The smallest absolute Gasteiger partial charge is 0.307 e. The highest BCUT2D eigenvalue weighted by molar-refractivity contribution is 9.10. The first-order valence-electron chi connectivity index (χ1n) is 4.35. The number of aromatic hydroxyl groups is 1. The molecular formula is C10H13BrClNO3. The van der Waals surface area contributed by atoms with Gasteiger partial charge in [-0.3, -0.25) is 4.79 Å². The number of nitrogens with two attached hydrogens (primary N) is 1. The number of benzene rings is 1. The second-order valence-electron chi connectivity index (χ2n) is 3.09. The lowest BCUT2D eigenvalue weighted by Gasteiger charge is -2.12. The van der Waals surface area contributed by atoms with E-state index in [9.17, 15) is 9.90 Å². The molecule has 3 N–H and O–H groups in total. The molecule has 1 atom stereocenters. The van der Waals surface area contributed by atoms with Crippen LogP contribution >= 0.6 is 28.3 Å². The van der Waals surface area contributed by atoms with Crippen LogP contribution < -0.4 is 5.73 Å². The number of hydrogen-bond donors (Lipinski definition) is 2. The van der Waals surface area contributed by atoms with E-state index in [4.69, 9.17) is 5.73 Å². The van der Waals surface area contributed by atoms with Gasteiger partial charge in [0.05, 0.1) is 13.5 Å². The minimum absolute atomic E-state index is 0. The summed E-state index contributed by atoms with van der Waals surface area (Å²) in [5, 5.41) is 9.29. The average molecular weight is 311 g/mol. The summed E-state index contributed by atoms with van der Waals surface area (Å²) < 4.78 is 5.28. The summed E-state index contributed by atoms with van der Waals surface area (Å²) in [6.45, 7) is 0. The summed E-state index contributed by atoms with van der Waals surface area (Å²) in [7, 11) is 1.31. The zero-order valence-electron chi connectivity index (χ0n) is 8.64. The van der Waals surface area contributed by atoms with Crippen molar-refractivity contribution in [2.24, 2.45) is 5.73 Å². The van der Waals surface area contributed by atoms with Crippen LogP contribution in [0.25, 0.3) is 0 Å². The first kappa shape index (κ1) is 15.2. The summed E-state index contributed by atoms with van der Waals surface area (Å²) in [5.41, 5.74) is 6.48. The normalized spacial score (nSPS) is 11.4. The molecule has 0 spiro atoms. The van der Waals surface area contributed by atoms with Crippen molar-refractivity contribution < 1.29 is 14.6 Å². The molecule has 0 unspecified atom stereocenters. The fraction of sp³-hybridized carbons (Fsp3) is 0.300. The quantitative estimate of drug-likeness (QED) is 0.839. The van der Waals surface area contributed by atoms with Crippen LogP contribution in [-0.2, 0) is 9.53 Å². The number of ether oxygens (including phenoxy) is 1. The highest BCUT2D eigenvalue weighted by Crippen LogP contribution is 2.27. The summed E-state index contributed by atoms with van der Waals surface area (Å²) in [5.74, 6) is -0.258. The maximum atomic E-state index is 11.0. The molecule has 0 aromatic heterocycles. The SMILES string of the molecule is COC(=O)C[C@@H](N)c1cc(O)ccc1Br.Cl. The average Bonchev–Trinajstić information content (AvgIpc) is 2.21. The summed E-state index contributed by atoms with van der Waals surface area (Å²) in [4.78, 5) is 11.0. The first-order valence-corrected chi connectivity index (χ1v) is 5.14. The Morgan fingerprint density at radius 1 is 1.62 bits per heavy atom. The molecule has 0 amide bonds. The lowest BCUT2D eigenvalue weighted by molar-refractivity contribution is -0.141. The van der Waals surface area contributed by atoms with Gasteiger partial charge in [-0.25, -0.2) is 0 Å². The number of hydrogen-bond acceptors (Lipinski definition) is 4. The monoisotopic (exact) mass is 309 g/mol. The number of esters is 1. The summed E-state index contributed by atoms with van der Waals surface area (Å²) in [6.07, 6.45) is 0.0819. The van der Waals surface area contributed by atoms with E-state index < -0.39 is 6.04 Å². The van der Waals surface area contributed by atoms with Crippen molar-refractivity contribution in [3.05, 3.63) is 28.2 Å². The van der Waals surface area contributed by atoms with Crippen molar-refractivity contribution in [1.29, 1.82) is 0 Å². The van der Waals surface area contributed by atoms with Crippen molar-refractivity contribution in [2.75, 3.05) is 7.11 Å². The van der Waals surface area contributed by atoms with E-state index in [1.54, 1.807) is 12.1 Å². The van der Waals surface area contributed by atoms with Gasteiger partial charge in [0.1, 0.15) is 5.75 Å². The lowest BCUT2D eigenvalue weighted by Crippen LogP contribution is -2.16. The Morgan fingerprint density at radius 2 is 2.25 bits per heavy atom. The molecule has 4 nitrogen and oxygen atoms in total. The van der Waals surface area contributed by atoms with E-state index >= 15 is 0 Å². The van der Waals surface area contributed by atoms with Gasteiger partial charge in [-0.2, -0.15) is 0 Å². The second kappa shape index (κ2) is 6.73. The van der Waals surface area contributed by atoms with Crippen LogP contribution in [0.5, 0.6) is 5.75 Å². The van der Waals surface area contributed by atoms with Crippen LogP contribution in [0.3, 0.4) is 0 Å². The third-order valence-electron chi connectivity index (χ3n) is 1.99. The number of rotatable bonds is 3. The minimum Gasteiger partial charge on any atom is -0.508 e. The van der Waals surface area contributed by atoms with Gasteiger partial charge in [-0.1, -0.05) is 15.9 Å². The van der Waals surface area contributed by atoms with E-state index in [1.807, 2.05) is 0 Å². The molecule has 0 saturated carbocycles. The van der Waals surface area contributed by atoms with Gasteiger partial charge in [-0.05, 0) is 23.8 Å². The highest BCUT2D eigenvalue weighted by atomic mass is 79.9. The van der Waals surface area contributed by atoms with Gasteiger partial charge >= 0.3 is 5.97 Å². The summed E-state index contributed by atoms with van der Waals surface area (Å²) in [6, 6.07) is 4.26. The Balaban J connectivity index is 0.00000225. The van der Waals surface area contributed by atoms with Crippen LogP contribution in [0.1, 0.15) is 18.0 Å². The molecule has 0 heterocycles. The minimum atomic E-state index is -0.487. The molecule has 90 valence electrons. The molecule has 1 aromatic carbocycles. The molecule has 0 saturated heterocycles.